The summed E-state index contributed by atoms with van der Waals surface area (Å²) in [6.45, 7) is 6.08. The number of piperazine rings is 1. The third-order valence-corrected chi connectivity index (χ3v) is 7.15. The maximum absolute atomic E-state index is 11.7. The molecule has 2 aliphatic rings. The number of fused-ring (bicyclic) bond motifs is 1. The first-order valence-corrected chi connectivity index (χ1v) is 12.6. The van der Waals surface area contributed by atoms with Crippen LogP contribution >= 0.6 is 0 Å². The van der Waals surface area contributed by atoms with Gasteiger partial charge in [0.15, 0.2) is 0 Å². The van der Waals surface area contributed by atoms with Gasteiger partial charge in [0.05, 0.1) is 12.6 Å². The van der Waals surface area contributed by atoms with Gasteiger partial charge in [-0.15, -0.1) is 0 Å². The van der Waals surface area contributed by atoms with Crippen LogP contribution in [0.2, 0.25) is 0 Å². The highest BCUT2D eigenvalue weighted by Gasteiger charge is 2.26. The zero-order valence-electron chi connectivity index (χ0n) is 19.9. The van der Waals surface area contributed by atoms with E-state index >= 15 is 0 Å². The summed E-state index contributed by atoms with van der Waals surface area (Å²) in [6.07, 6.45) is 3.04. The maximum Gasteiger partial charge on any atom is 0.137 e. The van der Waals surface area contributed by atoms with Crippen molar-refractivity contribution in [3.05, 3.63) is 101 Å². The van der Waals surface area contributed by atoms with Crippen LogP contribution in [0.25, 0.3) is 0 Å². The van der Waals surface area contributed by atoms with Gasteiger partial charge in [0, 0.05) is 45.6 Å². The van der Waals surface area contributed by atoms with Crippen LogP contribution in [0.4, 0.5) is 0 Å². The lowest BCUT2D eigenvalue weighted by Gasteiger charge is -2.39. The summed E-state index contributed by atoms with van der Waals surface area (Å²) in [6, 6.07) is 28.2. The molecule has 5 rings (SSSR count). The van der Waals surface area contributed by atoms with Gasteiger partial charge < -0.3 is 9.64 Å². The van der Waals surface area contributed by atoms with E-state index in [4.69, 9.17) is 4.74 Å². The molecule has 176 valence electrons. The van der Waals surface area contributed by atoms with E-state index in [-0.39, 0.29) is 0 Å². The molecule has 1 saturated heterocycles. The van der Waals surface area contributed by atoms with Crippen LogP contribution in [0.3, 0.4) is 0 Å². The van der Waals surface area contributed by atoms with Crippen molar-refractivity contribution in [2.24, 2.45) is 0 Å². The highest BCUT2D eigenvalue weighted by atomic mass is 16.5. The molecular weight excluding hydrogens is 420 g/mol. The summed E-state index contributed by atoms with van der Waals surface area (Å²) in [4.78, 5) is 16.9. The first kappa shape index (κ1) is 22.8. The molecule has 1 heterocycles. The molecule has 0 bridgehead atoms. The summed E-state index contributed by atoms with van der Waals surface area (Å²) in [5.41, 5.74) is 5.12. The quantitative estimate of drug-likeness (QED) is 0.452. The fourth-order valence-electron chi connectivity index (χ4n) is 5.36. The Morgan fingerprint density at radius 3 is 2.12 bits per heavy atom. The Kier molecular flexibility index (Phi) is 7.37. The van der Waals surface area contributed by atoms with Crippen LogP contribution in [0, 0.1) is 0 Å². The average molecular weight is 455 g/mol. The summed E-state index contributed by atoms with van der Waals surface area (Å²) in [5, 5.41) is 0. The molecular formula is C30H34N2O2. The van der Waals surface area contributed by atoms with E-state index in [1.54, 1.807) is 0 Å². The van der Waals surface area contributed by atoms with Crippen molar-refractivity contribution in [1.29, 1.82) is 0 Å². The molecule has 4 heteroatoms. The number of hydrogen-bond donors (Lipinski definition) is 0. The Morgan fingerprint density at radius 1 is 0.765 bits per heavy atom. The molecule has 0 aromatic heterocycles. The number of ether oxygens (including phenoxy) is 1. The highest BCUT2D eigenvalue weighted by molar-refractivity contribution is 5.83. The third kappa shape index (κ3) is 5.40. The molecule has 34 heavy (non-hydrogen) atoms. The summed E-state index contributed by atoms with van der Waals surface area (Å²) < 4.78 is 6.16. The average Bonchev–Trinajstić information content (AvgIpc) is 2.89. The van der Waals surface area contributed by atoms with Gasteiger partial charge in [-0.1, -0.05) is 72.8 Å². The van der Waals surface area contributed by atoms with Crippen LogP contribution in [0.1, 0.15) is 41.1 Å². The summed E-state index contributed by atoms with van der Waals surface area (Å²) in [5.74, 6) is 1.31. The van der Waals surface area contributed by atoms with Gasteiger partial charge in [-0.25, -0.2) is 0 Å². The summed E-state index contributed by atoms with van der Waals surface area (Å²) >= 11 is 0. The Labute approximate surface area is 203 Å². The SMILES string of the molecule is O=C1CCc2c(cccc2OCCCN2CCN(C(c3ccccc3)c3ccccc3)CC2)C1. The lowest BCUT2D eigenvalue weighted by Crippen LogP contribution is -2.48. The van der Waals surface area contributed by atoms with Gasteiger partial charge in [-0.05, 0) is 41.2 Å². The Morgan fingerprint density at radius 2 is 1.44 bits per heavy atom. The lowest BCUT2D eigenvalue weighted by molar-refractivity contribution is -0.118. The Hall–Kier alpha value is -2.95. The van der Waals surface area contributed by atoms with Gasteiger partial charge in [-0.2, -0.15) is 0 Å². The van der Waals surface area contributed by atoms with Crippen LogP contribution in [-0.4, -0.2) is 54.9 Å². The Bertz CT molecular complexity index is 1040. The first-order valence-electron chi connectivity index (χ1n) is 12.6. The van der Waals surface area contributed by atoms with E-state index in [1.165, 1.54) is 16.7 Å². The number of carbonyl (C=O) groups excluding carboxylic acids is 1. The van der Waals surface area contributed by atoms with Crippen molar-refractivity contribution in [3.63, 3.8) is 0 Å². The van der Waals surface area contributed by atoms with Crippen molar-refractivity contribution >= 4 is 5.78 Å². The molecule has 0 saturated carbocycles. The van der Waals surface area contributed by atoms with Gasteiger partial charge in [-0.3, -0.25) is 9.69 Å². The van der Waals surface area contributed by atoms with E-state index in [0.717, 1.165) is 63.5 Å². The van der Waals surface area contributed by atoms with Crippen LogP contribution in [0.5, 0.6) is 5.75 Å². The van der Waals surface area contributed by atoms with Crippen LogP contribution in [-0.2, 0) is 17.6 Å². The standard InChI is InChI=1S/C30H34N2O2/c33-27-15-16-28-26(23-27)13-7-14-29(28)34-22-8-17-31-18-20-32(21-19-31)30(24-9-3-1-4-10-24)25-11-5-2-6-12-25/h1-7,9-14,30H,8,15-23H2. The molecule has 1 aliphatic carbocycles. The number of rotatable bonds is 8. The monoisotopic (exact) mass is 454 g/mol. The fourth-order valence-corrected chi connectivity index (χ4v) is 5.36. The number of Topliss-reactive ketones (excluding diaryl/α,β-unsaturated/α-hetero) is 1. The largest absolute Gasteiger partial charge is 0.493 e. The predicted octanol–water partition coefficient (Wildman–Crippen LogP) is 4.92. The maximum atomic E-state index is 11.7. The molecule has 0 unspecified atom stereocenters. The smallest absolute Gasteiger partial charge is 0.137 e. The zero-order valence-corrected chi connectivity index (χ0v) is 19.9. The van der Waals surface area contributed by atoms with Crippen molar-refractivity contribution in [1.82, 2.24) is 9.80 Å². The molecule has 1 aliphatic heterocycles. The predicted molar refractivity (Wildman–Crippen MR) is 136 cm³/mol. The topological polar surface area (TPSA) is 32.8 Å². The van der Waals surface area contributed by atoms with E-state index in [0.29, 0.717) is 24.7 Å². The number of benzene rings is 3. The number of carbonyl (C=O) groups is 1. The second-order valence-electron chi connectivity index (χ2n) is 9.41. The van der Waals surface area contributed by atoms with Gasteiger partial charge in [0.2, 0.25) is 0 Å². The third-order valence-electron chi connectivity index (χ3n) is 7.15. The van der Waals surface area contributed by atoms with Crippen LogP contribution < -0.4 is 4.74 Å². The second kappa shape index (κ2) is 11.0. The number of nitrogens with zero attached hydrogens (tertiary/aromatic N) is 2. The molecule has 0 amide bonds. The van der Waals surface area contributed by atoms with Crippen molar-refractivity contribution in [3.8, 4) is 5.75 Å². The van der Waals surface area contributed by atoms with Crippen molar-refractivity contribution in [2.75, 3.05) is 39.3 Å². The molecule has 0 radical (unpaired) electrons. The minimum atomic E-state index is 0.309. The number of ketones is 1. The summed E-state index contributed by atoms with van der Waals surface area (Å²) in [7, 11) is 0. The lowest BCUT2D eigenvalue weighted by atomic mass is 9.90. The minimum Gasteiger partial charge on any atom is -0.493 e. The van der Waals surface area contributed by atoms with Gasteiger partial charge in [0.1, 0.15) is 11.5 Å². The van der Waals surface area contributed by atoms with E-state index in [1.807, 2.05) is 6.07 Å². The van der Waals surface area contributed by atoms with E-state index in [9.17, 15) is 4.79 Å². The molecule has 3 aromatic carbocycles. The fraction of sp³-hybridized carbons (Fsp3) is 0.367. The van der Waals surface area contributed by atoms with E-state index < -0.39 is 0 Å². The number of hydrogen-bond acceptors (Lipinski definition) is 4. The normalized spacial score (nSPS) is 17.0. The first-order chi connectivity index (χ1) is 16.8. The molecule has 0 atom stereocenters. The second-order valence-corrected chi connectivity index (χ2v) is 9.41. The van der Waals surface area contributed by atoms with Crippen molar-refractivity contribution < 1.29 is 9.53 Å². The van der Waals surface area contributed by atoms with Crippen LogP contribution in [0.15, 0.2) is 78.9 Å². The minimum absolute atomic E-state index is 0.309. The van der Waals surface area contributed by atoms with Gasteiger partial charge >= 0.3 is 0 Å². The van der Waals surface area contributed by atoms with E-state index in [2.05, 4.69) is 82.6 Å². The molecule has 3 aromatic rings. The zero-order chi connectivity index (χ0) is 23.2. The van der Waals surface area contributed by atoms with Gasteiger partial charge in [0.25, 0.3) is 0 Å². The molecule has 0 spiro atoms. The molecule has 4 nitrogen and oxygen atoms in total. The van der Waals surface area contributed by atoms with Crippen molar-refractivity contribution in [2.45, 2.75) is 31.7 Å². The molecule has 0 N–H and O–H groups in total. The Balaban J connectivity index is 1.13. The highest BCUT2D eigenvalue weighted by Crippen LogP contribution is 2.30. The molecule has 1 fully saturated rings.